The molecule has 0 fully saturated rings. The van der Waals surface area contributed by atoms with Gasteiger partial charge in [-0.25, -0.2) is 4.39 Å². The van der Waals surface area contributed by atoms with E-state index in [1.165, 1.54) is 35.9 Å². The Morgan fingerprint density at radius 3 is 2.36 bits per heavy atom. The van der Waals surface area contributed by atoms with Crippen molar-refractivity contribution in [1.82, 2.24) is 4.57 Å². The third-order valence-electron chi connectivity index (χ3n) is 3.99. The van der Waals surface area contributed by atoms with Gasteiger partial charge in [0.15, 0.2) is 0 Å². The Bertz CT molecular complexity index is 959. The van der Waals surface area contributed by atoms with Gasteiger partial charge in [-0.3, -0.25) is 14.2 Å². The fourth-order valence-corrected chi connectivity index (χ4v) is 2.68. The van der Waals surface area contributed by atoms with Crippen LogP contribution in [0.2, 0.25) is 0 Å². The number of rotatable bonds is 3. The van der Waals surface area contributed by atoms with E-state index in [0.29, 0.717) is 22.2 Å². The van der Waals surface area contributed by atoms with Gasteiger partial charge in [0.1, 0.15) is 5.82 Å². The van der Waals surface area contributed by atoms with Crippen LogP contribution in [0.25, 0.3) is 10.9 Å². The molecule has 5 nitrogen and oxygen atoms in total. The number of anilines is 2. The molecule has 128 valence electrons. The molecule has 0 unspecified atom stereocenters. The first kappa shape index (κ1) is 16.7. The van der Waals surface area contributed by atoms with Gasteiger partial charge in [0.25, 0.3) is 5.91 Å². The average molecular weight is 339 g/mol. The van der Waals surface area contributed by atoms with Gasteiger partial charge in [-0.2, -0.15) is 0 Å². The van der Waals surface area contributed by atoms with Gasteiger partial charge < -0.3 is 10.2 Å². The van der Waals surface area contributed by atoms with Gasteiger partial charge >= 0.3 is 0 Å². The second-order valence-corrected chi connectivity index (χ2v) is 5.99. The molecule has 25 heavy (non-hydrogen) atoms. The lowest BCUT2D eigenvalue weighted by molar-refractivity contribution is 0.0941. The molecule has 3 rings (SSSR count). The van der Waals surface area contributed by atoms with Crippen molar-refractivity contribution < 1.29 is 14.0 Å². The van der Waals surface area contributed by atoms with Crippen LogP contribution in [-0.4, -0.2) is 30.5 Å². The third kappa shape index (κ3) is 3.24. The van der Waals surface area contributed by atoms with Crippen LogP contribution < -0.4 is 10.2 Å². The smallest absolute Gasteiger partial charge is 0.257 e. The molecule has 0 saturated heterocycles. The number of amides is 1. The first-order valence-corrected chi connectivity index (χ1v) is 7.77. The standard InChI is InChI=1S/C19H18FN3O2/c1-12(24)23-11-17(16-9-4-13(20)10-18(16)23)19(25)21-14-5-7-15(8-6-14)22(2)3/h4-11H,1-3H3,(H,21,25). The number of nitrogens with one attached hydrogen (secondary N) is 1. The summed E-state index contributed by atoms with van der Waals surface area (Å²) in [5.74, 6) is -1.10. The number of carbonyl (C=O) groups is 2. The molecular weight excluding hydrogens is 321 g/mol. The zero-order chi connectivity index (χ0) is 18.1. The second kappa shape index (κ2) is 6.39. The number of benzene rings is 2. The molecule has 3 aromatic rings. The molecule has 0 bridgehead atoms. The van der Waals surface area contributed by atoms with E-state index >= 15 is 0 Å². The molecule has 1 heterocycles. The van der Waals surface area contributed by atoms with E-state index in [1.54, 1.807) is 12.1 Å². The summed E-state index contributed by atoms with van der Waals surface area (Å²) in [6.45, 7) is 1.37. The van der Waals surface area contributed by atoms with Gasteiger partial charge in [0.2, 0.25) is 5.91 Å². The van der Waals surface area contributed by atoms with Gasteiger partial charge in [-0.05, 0) is 42.5 Å². The van der Waals surface area contributed by atoms with Crippen LogP contribution in [0.4, 0.5) is 15.8 Å². The maximum Gasteiger partial charge on any atom is 0.257 e. The minimum atomic E-state index is -0.459. The molecule has 0 spiro atoms. The molecule has 6 heteroatoms. The number of hydrogen-bond acceptors (Lipinski definition) is 3. The lowest BCUT2D eigenvalue weighted by atomic mass is 10.1. The second-order valence-electron chi connectivity index (χ2n) is 5.99. The maximum absolute atomic E-state index is 13.5. The summed E-state index contributed by atoms with van der Waals surface area (Å²) in [6.07, 6.45) is 1.44. The summed E-state index contributed by atoms with van der Waals surface area (Å²) in [7, 11) is 3.87. The molecule has 1 N–H and O–H groups in total. The lowest BCUT2D eigenvalue weighted by Crippen LogP contribution is -2.12. The molecule has 0 aliphatic rings. The van der Waals surface area contributed by atoms with Gasteiger partial charge in [0, 0.05) is 44.0 Å². The molecular formula is C19H18FN3O2. The number of carbonyl (C=O) groups excluding carboxylic acids is 2. The molecule has 1 aromatic heterocycles. The average Bonchev–Trinajstić information content (AvgIpc) is 2.94. The maximum atomic E-state index is 13.5. The highest BCUT2D eigenvalue weighted by atomic mass is 19.1. The monoisotopic (exact) mass is 339 g/mol. The Kier molecular flexibility index (Phi) is 4.27. The molecule has 0 aliphatic carbocycles. The van der Waals surface area contributed by atoms with E-state index < -0.39 is 5.82 Å². The molecule has 1 amide bonds. The first-order valence-electron chi connectivity index (χ1n) is 7.77. The van der Waals surface area contributed by atoms with E-state index in [9.17, 15) is 14.0 Å². The summed E-state index contributed by atoms with van der Waals surface area (Å²) >= 11 is 0. The molecule has 0 saturated carbocycles. The zero-order valence-corrected chi connectivity index (χ0v) is 14.2. The Morgan fingerprint density at radius 2 is 1.76 bits per heavy atom. The summed E-state index contributed by atoms with van der Waals surface area (Å²) < 4.78 is 14.8. The summed E-state index contributed by atoms with van der Waals surface area (Å²) in [5, 5.41) is 3.33. The van der Waals surface area contributed by atoms with Crippen LogP contribution in [0, 0.1) is 5.82 Å². The van der Waals surface area contributed by atoms with Crippen molar-refractivity contribution in [2.24, 2.45) is 0 Å². The quantitative estimate of drug-likeness (QED) is 0.790. The topological polar surface area (TPSA) is 54.3 Å². The van der Waals surface area contributed by atoms with E-state index in [0.717, 1.165) is 5.69 Å². The van der Waals surface area contributed by atoms with Crippen LogP contribution in [-0.2, 0) is 0 Å². The lowest BCUT2D eigenvalue weighted by Gasteiger charge is -2.13. The SMILES string of the molecule is CC(=O)n1cc(C(=O)Nc2ccc(N(C)C)cc2)c2ccc(F)cc21. The largest absolute Gasteiger partial charge is 0.378 e. The summed E-state index contributed by atoms with van der Waals surface area (Å²) in [4.78, 5) is 26.4. The Balaban J connectivity index is 1.95. The van der Waals surface area contributed by atoms with Crippen molar-refractivity contribution in [3.63, 3.8) is 0 Å². The molecule has 0 radical (unpaired) electrons. The zero-order valence-electron chi connectivity index (χ0n) is 14.2. The highest BCUT2D eigenvalue weighted by Gasteiger charge is 2.17. The number of halogens is 1. The fourth-order valence-electron chi connectivity index (χ4n) is 2.68. The van der Waals surface area contributed by atoms with Crippen molar-refractivity contribution in [3.8, 4) is 0 Å². The Hall–Kier alpha value is -3.15. The van der Waals surface area contributed by atoms with Crippen molar-refractivity contribution in [3.05, 3.63) is 60.0 Å². The van der Waals surface area contributed by atoms with Crippen molar-refractivity contribution in [2.45, 2.75) is 6.92 Å². The normalized spacial score (nSPS) is 10.7. The number of nitrogens with zero attached hydrogens (tertiary/aromatic N) is 2. The van der Waals surface area contributed by atoms with Crippen LogP contribution in [0.15, 0.2) is 48.7 Å². The molecule has 0 aliphatic heterocycles. The summed E-state index contributed by atoms with van der Waals surface area (Å²) in [6, 6.07) is 11.4. The van der Waals surface area contributed by atoms with Gasteiger partial charge in [-0.15, -0.1) is 0 Å². The van der Waals surface area contributed by atoms with Crippen molar-refractivity contribution >= 4 is 34.1 Å². The minimum absolute atomic E-state index is 0.287. The van der Waals surface area contributed by atoms with Crippen LogP contribution in [0.3, 0.4) is 0 Å². The highest BCUT2D eigenvalue weighted by Crippen LogP contribution is 2.24. The number of aromatic nitrogens is 1. The van der Waals surface area contributed by atoms with Gasteiger partial charge in [0.05, 0.1) is 11.1 Å². The van der Waals surface area contributed by atoms with Crippen molar-refractivity contribution in [2.75, 3.05) is 24.3 Å². The van der Waals surface area contributed by atoms with Gasteiger partial charge in [-0.1, -0.05) is 0 Å². The van der Waals surface area contributed by atoms with E-state index in [-0.39, 0.29) is 11.8 Å². The van der Waals surface area contributed by atoms with Crippen LogP contribution >= 0.6 is 0 Å². The Labute approximate surface area is 144 Å². The van der Waals surface area contributed by atoms with E-state index in [4.69, 9.17) is 0 Å². The number of fused-ring (bicyclic) bond motifs is 1. The first-order chi connectivity index (χ1) is 11.9. The predicted octanol–water partition coefficient (Wildman–Crippen LogP) is 3.76. The van der Waals surface area contributed by atoms with Crippen molar-refractivity contribution in [1.29, 1.82) is 0 Å². The molecule has 2 aromatic carbocycles. The van der Waals surface area contributed by atoms with E-state index in [1.807, 2.05) is 31.1 Å². The van der Waals surface area contributed by atoms with E-state index in [2.05, 4.69) is 5.32 Å². The summed E-state index contributed by atoms with van der Waals surface area (Å²) in [5.41, 5.74) is 2.35. The molecule has 0 atom stereocenters. The number of hydrogen-bond donors (Lipinski definition) is 1. The van der Waals surface area contributed by atoms with Crippen LogP contribution in [0.5, 0.6) is 0 Å². The minimum Gasteiger partial charge on any atom is -0.378 e. The predicted molar refractivity (Wildman–Crippen MR) is 96.9 cm³/mol. The highest BCUT2D eigenvalue weighted by molar-refractivity contribution is 6.14. The third-order valence-corrected chi connectivity index (χ3v) is 3.99. The Morgan fingerprint density at radius 1 is 1.08 bits per heavy atom. The van der Waals surface area contributed by atoms with Crippen LogP contribution in [0.1, 0.15) is 22.1 Å². The fraction of sp³-hybridized carbons (Fsp3) is 0.158.